The van der Waals surface area contributed by atoms with Crippen molar-refractivity contribution >= 4 is 15.9 Å². The molecular weight excluding hydrogens is 268 g/mol. The SMILES string of the molecule is CC(C)CC1CC(O)c2ccc(Br)cc2O1. The average Bonchev–Trinajstić information content (AvgIpc) is 2.15. The summed E-state index contributed by atoms with van der Waals surface area (Å²) in [5.41, 5.74) is 0.906. The molecule has 0 amide bonds. The molecule has 3 heteroatoms. The first-order chi connectivity index (χ1) is 7.56. The Kier molecular flexibility index (Phi) is 3.55. The van der Waals surface area contributed by atoms with Gasteiger partial charge in [0.05, 0.1) is 6.10 Å². The number of aliphatic hydroxyl groups is 1. The molecule has 1 aromatic rings. The molecule has 16 heavy (non-hydrogen) atoms. The summed E-state index contributed by atoms with van der Waals surface area (Å²) >= 11 is 3.42. The summed E-state index contributed by atoms with van der Waals surface area (Å²) in [6, 6.07) is 5.80. The lowest BCUT2D eigenvalue weighted by Crippen LogP contribution is -2.27. The molecule has 0 aromatic heterocycles. The monoisotopic (exact) mass is 284 g/mol. The van der Waals surface area contributed by atoms with E-state index in [2.05, 4.69) is 29.8 Å². The minimum absolute atomic E-state index is 0.136. The number of hydrogen-bond donors (Lipinski definition) is 1. The molecule has 1 aliphatic heterocycles. The summed E-state index contributed by atoms with van der Waals surface area (Å²) in [7, 11) is 0. The normalized spacial score (nSPS) is 24.1. The Bertz CT molecular complexity index is 376. The quantitative estimate of drug-likeness (QED) is 0.898. The number of halogens is 1. The van der Waals surface area contributed by atoms with E-state index in [1.807, 2.05) is 18.2 Å². The maximum absolute atomic E-state index is 10.0. The van der Waals surface area contributed by atoms with Crippen LogP contribution in [0.1, 0.15) is 38.4 Å². The van der Waals surface area contributed by atoms with Gasteiger partial charge in [0.25, 0.3) is 0 Å². The number of ether oxygens (including phenoxy) is 1. The van der Waals surface area contributed by atoms with Gasteiger partial charge in [0.2, 0.25) is 0 Å². The minimum Gasteiger partial charge on any atom is -0.490 e. The van der Waals surface area contributed by atoms with E-state index in [0.29, 0.717) is 12.3 Å². The van der Waals surface area contributed by atoms with Crippen LogP contribution in [-0.4, -0.2) is 11.2 Å². The number of aliphatic hydroxyl groups excluding tert-OH is 1. The highest BCUT2D eigenvalue weighted by atomic mass is 79.9. The highest BCUT2D eigenvalue weighted by molar-refractivity contribution is 9.10. The van der Waals surface area contributed by atoms with Gasteiger partial charge in [-0.2, -0.15) is 0 Å². The molecule has 0 saturated carbocycles. The molecule has 0 radical (unpaired) electrons. The molecule has 2 unspecified atom stereocenters. The van der Waals surface area contributed by atoms with Gasteiger partial charge >= 0.3 is 0 Å². The van der Waals surface area contributed by atoms with Gasteiger partial charge in [-0.25, -0.2) is 0 Å². The third-order valence-corrected chi connectivity index (χ3v) is 3.34. The van der Waals surface area contributed by atoms with Gasteiger partial charge in [-0.3, -0.25) is 0 Å². The molecule has 0 aliphatic carbocycles. The molecular formula is C13H17BrO2. The van der Waals surface area contributed by atoms with Crippen LogP contribution in [0.5, 0.6) is 5.75 Å². The summed E-state index contributed by atoms with van der Waals surface area (Å²) in [6.07, 6.45) is 1.44. The lowest BCUT2D eigenvalue weighted by Gasteiger charge is -2.30. The van der Waals surface area contributed by atoms with Crippen LogP contribution in [0.15, 0.2) is 22.7 Å². The molecule has 1 aromatic carbocycles. The Morgan fingerprint density at radius 3 is 2.94 bits per heavy atom. The van der Waals surface area contributed by atoms with Crippen molar-refractivity contribution in [3.63, 3.8) is 0 Å². The smallest absolute Gasteiger partial charge is 0.126 e. The van der Waals surface area contributed by atoms with Crippen molar-refractivity contribution in [2.45, 2.75) is 38.9 Å². The molecule has 88 valence electrons. The zero-order valence-corrected chi connectivity index (χ0v) is 11.2. The Morgan fingerprint density at radius 2 is 2.25 bits per heavy atom. The Labute approximate surface area is 105 Å². The van der Waals surface area contributed by atoms with Crippen LogP contribution < -0.4 is 4.74 Å². The zero-order valence-electron chi connectivity index (χ0n) is 9.61. The third-order valence-electron chi connectivity index (χ3n) is 2.85. The first kappa shape index (κ1) is 11.9. The number of benzene rings is 1. The molecule has 0 fully saturated rings. The lowest BCUT2D eigenvalue weighted by atomic mass is 9.94. The second-order valence-corrected chi connectivity index (χ2v) is 5.72. The third kappa shape index (κ3) is 2.58. The predicted molar refractivity (Wildman–Crippen MR) is 67.6 cm³/mol. The van der Waals surface area contributed by atoms with E-state index in [9.17, 15) is 5.11 Å². The summed E-state index contributed by atoms with van der Waals surface area (Å²) in [6.45, 7) is 4.35. The van der Waals surface area contributed by atoms with Crippen LogP contribution in [0.4, 0.5) is 0 Å². The van der Waals surface area contributed by atoms with Crippen molar-refractivity contribution < 1.29 is 9.84 Å². The number of fused-ring (bicyclic) bond motifs is 1. The van der Waals surface area contributed by atoms with Gasteiger partial charge in [-0.15, -0.1) is 0 Å². The minimum atomic E-state index is -0.388. The van der Waals surface area contributed by atoms with E-state index in [4.69, 9.17) is 4.74 Å². The van der Waals surface area contributed by atoms with E-state index < -0.39 is 0 Å². The largest absolute Gasteiger partial charge is 0.490 e. The summed E-state index contributed by atoms with van der Waals surface area (Å²) in [5.74, 6) is 1.41. The highest BCUT2D eigenvalue weighted by Crippen LogP contribution is 2.37. The fourth-order valence-corrected chi connectivity index (χ4v) is 2.50. The lowest BCUT2D eigenvalue weighted by molar-refractivity contribution is 0.0556. The van der Waals surface area contributed by atoms with Crippen molar-refractivity contribution in [3.05, 3.63) is 28.2 Å². The average molecular weight is 285 g/mol. The van der Waals surface area contributed by atoms with E-state index in [1.54, 1.807) is 0 Å². The zero-order chi connectivity index (χ0) is 11.7. The molecule has 0 saturated heterocycles. The molecule has 2 nitrogen and oxygen atoms in total. The Morgan fingerprint density at radius 1 is 1.50 bits per heavy atom. The molecule has 0 spiro atoms. The van der Waals surface area contributed by atoms with Crippen LogP contribution in [0.2, 0.25) is 0 Å². The van der Waals surface area contributed by atoms with Gasteiger partial charge < -0.3 is 9.84 Å². The van der Waals surface area contributed by atoms with Crippen molar-refractivity contribution in [2.75, 3.05) is 0 Å². The van der Waals surface area contributed by atoms with Crippen molar-refractivity contribution in [1.82, 2.24) is 0 Å². The van der Waals surface area contributed by atoms with Gasteiger partial charge in [-0.1, -0.05) is 35.8 Å². The number of rotatable bonds is 2. The van der Waals surface area contributed by atoms with Crippen LogP contribution in [0.3, 0.4) is 0 Å². The Hall–Kier alpha value is -0.540. The maximum Gasteiger partial charge on any atom is 0.126 e. The summed E-state index contributed by atoms with van der Waals surface area (Å²) < 4.78 is 6.89. The topological polar surface area (TPSA) is 29.5 Å². The second kappa shape index (κ2) is 4.76. The molecule has 2 atom stereocenters. The van der Waals surface area contributed by atoms with Crippen molar-refractivity contribution in [3.8, 4) is 5.75 Å². The first-order valence-electron chi connectivity index (χ1n) is 5.70. The van der Waals surface area contributed by atoms with Crippen molar-refractivity contribution in [1.29, 1.82) is 0 Å². The second-order valence-electron chi connectivity index (χ2n) is 4.80. The van der Waals surface area contributed by atoms with Crippen LogP contribution in [0, 0.1) is 5.92 Å². The van der Waals surface area contributed by atoms with Gasteiger partial charge in [-0.05, 0) is 24.5 Å². The predicted octanol–water partition coefficient (Wildman–Crippen LogP) is 3.68. The molecule has 1 heterocycles. The number of hydrogen-bond acceptors (Lipinski definition) is 2. The van der Waals surface area contributed by atoms with E-state index in [0.717, 1.165) is 22.2 Å². The van der Waals surface area contributed by atoms with E-state index in [1.165, 1.54) is 0 Å². The Balaban J connectivity index is 2.20. The molecule has 0 bridgehead atoms. The van der Waals surface area contributed by atoms with Gasteiger partial charge in [0, 0.05) is 16.5 Å². The van der Waals surface area contributed by atoms with Crippen LogP contribution >= 0.6 is 15.9 Å². The fraction of sp³-hybridized carbons (Fsp3) is 0.538. The van der Waals surface area contributed by atoms with Crippen LogP contribution in [0.25, 0.3) is 0 Å². The summed E-state index contributed by atoms with van der Waals surface area (Å²) in [4.78, 5) is 0. The molecule has 1 N–H and O–H groups in total. The first-order valence-corrected chi connectivity index (χ1v) is 6.49. The van der Waals surface area contributed by atoms with Crippen LogP contribution in [-0.2, 0) is 0 Å². The van der Waals surface area contributed by atoms with Gasteiger partial charge in [0.1, 0.15) is 11.9 Å². The fourth-order valence-electron chi connectivity index (χ4n) is 2.16. The molecule has 2 rings (SSSR count). The maximum atomic E-state index is 10.0. The standard InChI is InChI=1S/C13H17BrO2/c1-8(2)5-10-7-12(15)11-4-3-9(14)6-13(11)16-10/h3-4,6,8,10,12,15H,5,7H2,1-2H3. The van der Waals surface area contributed by atoms with E-state index in [-0.39, 0.29) is 12.2 Å². The highest BCUT2D eigenvalue weighted by Gasteiger charge is 2.27. The van der Waals surface area contributed by atoms with Crippen molar-refractivity contribution in [2.24, 2.45) is 5.92 Å². The molecule has 1 aliphatic rings. The van der Waals surface area contributed by atoms with E-state index >= 15 is 0 Å². The van der Waals surface area contributed by atoms with Gasteiger partial charge in [0.15, 0.2) is 0 Å². The summed E-state index contributed by atoms with van der Waals surface area (Å²) in [5, 5.41) is 10.0.